The SMILES string of the molecule is CC(C)N(C)C(=O)CN1CC[C@@H](N)C1. The Labute approximate surface area is 86.0 Å². The van der Waals surface area contributed by atoms with Crippen molar-refractivity contribution < 1.29 is 4.79 Å². The van der Waals surface area contributed by atoms with E-state index in [1.54, 1.807) is 4.90 Å². The zero-order valence-corrected chi connectivity index (χ0v) is 9.36. The maximum Gasteiger partial charge on any atom is 0.236 e. The van der Waals surface area contributed by atoms with Crippen LogP contribution in [0.25, 0.3) is 0 Å². The van der Waals surface area contributed by atoms with E-state index in [0.717, 1.165) is 19.5 Å². The molecule has 1 fully saturated rings. The van der Waals surface area contributed by atoms with Crippen LogP contribution in [0, 0.1) is 0 Å². The summed E-state index contributed by atoms with van der Waals surface area (Å²) >= 11 is 0. The van der Waals surface area contributed by atoms with E-state index in [-0.39, 0.29) is 18.0 Å². The Morgan fingerprint density at radius 2 is 2.29 bits per heavy atom. The van der Waals surface area contributed by atoms with Gasteiger partial charge in [0.2, 0.25) is 5.91 Å². The first-order valence-corrected chi connectivity index (χ1v) is 5.24. The van der Waals surface area contributed by atoms with Gasteiger partial charge in [0.15, 0.2) is 0 Å². The van der Waals surface area contributed by atoms with Crippen molar-refractivity contribution in [3.63, 3.8) is 0 Å². The quantitative estimate of drug-likeness (QED) is 0.690. The lowest BCUT2D eigenvalue weighted by Crippen LogP contribution is -2.41. The molecule has 2 N–H and O–H groups in total. The second-order valence-electron chi connectivity index (χ2n) is 4.38. The van der Waals surface area contributed by atoms with Gasteiger partial charge in [-0.2, -0.15) is 0 Å². The molecule has 1 rings (SSSR count). The normalized spacial score (nSPS) is 23.1. The fraction of sp³-hybridized carbons (Fsp3) is 0.900. The summed E-state index contributed by atoms with van der Waals surface area (Å²) in [7, 11) is 1.85. The lowest BCUT2D eigenvalue weighted by atomic mass is 10.3. The Bertz CT molecular complexity index is 206. The number of likely N-dealkylation sites (N-methyl/N-ethyl adjacent to an activating group) is 1. The molecule has 14 heavy (non-hydrogen) atoms. The Hall–Kier alpha value is -0.610. The minimum absolute atomic E-state index is 0.189. The Morgan fingerprint density at radius 1 is 1.64 bits per heavy atom. The minimum atomic E-state index is 0.189. The molecule has 1 aliphatic heterocycles. The van der Waals surface area contributed by atoms with Crippen LogP contribution in [0.4, 0.5) is 0 Å². The summed E-state index contributed by atoms with van der Waals surface area (Å²) in [6.07, 6.45) is 1.01. The van der Waals surface area contributed by atoms with Gasteiger partial charge in [-0.05, 0) is 20.3 Å². The van der Waals surface area contributed by atoms with Gasteiger partial charge in [0.25, 0.3) is 0 Å². The number of hydrogen-bond donors (Lipinski definition) is 1. The molecule has 0 radical (unpaired) electrons. The Balaban J connectivity index is 2.33. The molecule has 1 heterocycles. The number of nitrogens with zero attached hydrogens (tertiary/aromatic N) is 2. The second-order valence-corrected chi connectivity index (χ2v) is 4.38. The molecule has 0 bridgehead atoms. The van der Waals surface area contributed by atoms with Crippen molar-refractivity contribution in [2.75, 3.05) is 26.7 Å². The molecule has 0 aromatic carbocycles. The van der Waals surface area contributed by atoms with Crippen molar-refractivity contribution >= 4 is 5.91 Å². The van der Waals surface area contributed by atoms with Crippen molar-refractivity contribution in [3.8, 4) is 0 Å². The van der Waals surface area contributed by atoms with Crippen LogP contribution in [0.15, 0.2) is 0 Å². The molecule has 0 aromatic heterocycles. The summed E-state index contributed by atoms with van der Waals surface area (Å²) < 4.78 is 0. The minimum Gasteiger partial charge on any atom is -0.342 e. The first-order chi connectivity index (χ1) is 6.50. The van der Waals surface area contributed by atoms with E-state index in [2.05, 4.69) is 4.90 Å². The topological polar surface area (TPSA) is 49.6 Å². The summed E-state index contributed by atoms with van der Waals surface area (Å²) in [5, 5.41) is 0. The molecular formula is C10H21N3O. The first kappa shape index (κ1) is 11.5. The van der Waals surface area contributed by atoms with E-state index in [0.29, 0.717) is 6.54 Å². The summed E-state index contributed by atoms with van der Waals surface area (Å²) in [6.45, 7) is 6.38. The van der Waals surface area contributed by atoms with Gasteiger partial charge in [0.05, 0.1) is 6.54 Å². The van der Waals surface area contributed by atoms with Gasteiger partial charge in [-0.1, -0.05) is 0 Å². The van der Waals surface area contributed by atoms with E-state index < -0.39 is 0 Å². The number of amides is 1. The Morgan fingerprint density at radius 3 is 2.71 bits per heavy atom. The number of hydrogen-bond acceptors (Lipinski definition) is 3. The first-order valence-electron chi connectivity index (χ1n) is 5.24. The van der Waals surface area contributed by atoms with E-state index >= 15 is 0 Å². The predicted molar refractivity (Wildman–Crippen MR) is 56.9 cm³/mol. The third-order valence-electron chi connectivity index (χ3n) is 2.84. The molecule has 4 heteroatoms. The molecule has 4 nitrogen and oxygen atoms in total. The number of carbonyl (C=O) groups is 1. The standard InChI is InChI=1S/C10H21N3O/c1-8(2)12(3)10(14)7-13-5-4-9(11)6-13/h8-9H,4-7,11H2,1-3H3/t9-/m1/s1. The van der Waals surface area contributed by atoms with Gasteiger partial charge >= 0.3 is 0 Å². The molecule has 1 saturated heterocycles. The van der Waals surface area contributed by atoms with E-state index in [1.807, 2.05) is 20.9 Å². The van der Waals surface area contributed by atoms with Crippen LogP contribution in [0.3, 0.4) is 0 Å². The van der Waals surface area contributed by atoms with Crippen molar-refractivity contribution in [2.45, 2.75) is 32.4 Å². The molecule has 0 aromatic rings. The maximum absolute atomic E-state index is 11.7. The Kier molecular flexibility index (Phi) is 3.89. The fourth-order valence-electron chi connectivity index (χ4n) is 1.60. The van der Waals surface area contributed by atoms with E-state index in [1.165, 1.54) is 0 Å². The fourth-order valence-corrected chi connectivity index (χ4v) is 1.60. The van der Waals surface area contributed by atoms with E-state index in [9.17, 15) is 4.79 Å². The molecular weight excluding hydrogens is 178 g/mol. The maximum atomic E-state index is 11.7. The highest BCUT2D eigenvalue weighted by Gasteiger charge is 2.22. The largest absolute Gasteiger partial charge is 0.342 e. The molecule has 0 unspecified atom stereocenters. The summed E-state index contributed by atoms with van der Waals surface area (Å²) in [5.41, 5.74) is 5.77. The van der Waals surface area contributed by atoms with Gasteiger partial charge in [0.1, 0.15) is 0 Å². The molecule has 0 spiro atoms. The third-order valence-corrected chi connectivity index (χ3v) is 2.84. The summed E-state index contributed by atoms with van der Waals surface area (Å²) in [6, 6.07) is 0.533. The number of likely N-dealkylation sites (tertiary alicyclic amines) is 1. The van der Waals surface area contributed by atoms with Gasteiger partial charge in [0, 0.05) is 32.2 Å². The van der Waals surface area contributed by atoms with Crippen molar-refractivity contribution in [1.82, 2.24) is 9.80 Å². The monoisotopic (exact) mass is 199 g/mol. The smallest absolute Gasteiger partial charge is 0.236 e. The van der Waals surface area contributed by atoms with Gasteiger partial charge < -0.3 is 10.6 Å². The van der Waals surface area contributed by atoms with Gasteiger partial charge in [-0.15, -0.1) is 0 Å². The zero-order valence-electron chi connectivity index (χ0n) is 9.36. The lowest BCUT2D eigenvalue weighted by molar-refractivity contribution is -0.132. The van der Waals surface area contributed by atoms with Crippen LogP contribution in [0.1, 0.15) is 20.3 Å². The molecule has 1 aliphatic rings. The number of nitrogens with two attached hydrogens (primary N) is 1. The summed E-state index contributed by atoms with van der Waals surface area (Å²) in [4.78, 5) is 15.6. The van der Waals surface area contributed by atoms with Crippen LogP contribution in [-0.4, -0.2) is 54.5 Å². The van der Waals surface area contributed by atoms with Crippen molar-refractivity contribution in [1.29, 1.82) is 0 Å². The molecule has 1 amide bonds. The number of carbonyl (C=O) groups excluding carboxylic acids is 1. The highest BCUT2D eigenvalue weighted by atomic mass is 16.2. The second kappa shape index (κ2) is 4.75. The van der Waals surface area contributed by atoms with Crippen LogP contribution in [-0.2, 0) is 4.79 Å². The van der Waals surface area contributed by atoms with Crippen LogP contribution in [0.2, 0.25) is 0 Å². The lowest BCUT2D eigenvalue weighted by Gasteiger charge is -2.24. The average Bonchev–Trinajstić information content (AvgIpc) is 2.49. The molecule has 1 atom stereocenters. The van der Waals surface area contributed by atoms with E-state index in [4.69, 9.17) is 5.73 Å². The average molecular weight is 199 g/mol. The highest BCUT2D eigenvalue weighted by molar-refractivity contribution is 5.78. The van der Waals surface area contributed by atoms with Crippen molar-refractivity contribution in [2.24, 2.45) is 5.73 Å². The van der Waals surface area contributed by atoms with Crippen molar-refractivity contribution in [3.05, 3.63) is 0 Å². The molecule has 0 aliphatic carbocycles. The van der Waals surface area contributed by atoms with Gasteiger partial charge in [-0.25, -0.2) is 0 Å². The zero-order chi connectivity index (χ0) is 10.7. The molecule has 82 valence electrons. The number of rotatable bonds is 3. The van der Waals surface area contributed by atoms with Crippen LogP contribution in [0.5, 0.6) is 0 Å². The van der Waals surface area contributed by atoms with Gasteiger partial charge in [-0.3, -0.25) is 9.69 Å². The molecule has 0 saturated carbocycles. The third kappa shape index (κ3) is 2.96. The van der Waals surface area contributed by atoms with Crippen LogP contribution >= 0.6 is 0 Å². The highest BCUT2D eigenvalue weighted by Crippen LogP contribution is 2.07. The summed E-state index contributed by atoms with van der Waals surface area (Å²) in [5.74, 6) is 0.189. The predicted octanol–water partition coefficient (Wildman–Crippen LogP) is -0.114. The van der Waals surface area contributed by atoms with Crippen LogP contribution < -0.4 is 5.73 Å².